The first-order valence-corrected chi connectivity index (χ1v) is 13.8. The van der Waals surface area contributed by atoms with Crippen LogP contribution >= 0.6 is 0 Å². The van der Waals surface area contributed by atoms with E-state index in [4.69, 9.17) is 9.47 Å². The molecule has 1 aromatic carbocycles. The Morgan fingerprint density at radius 1 is 1.08 bits per heavy atom. The minimum atomic E-state index is -0.0538. The van der Waals surface area contributed by atoms with Crippen molar-refractivity contribution in [2.75, 3.05) is 39.5 Å². The van der Waals surface area contributed by atoms with E-state index < -0.39 is 0 Å². The molecule has 3 fully saturated rings. The number of nitrogens with zero attached hydrogens (tertiary/aromatic N) is 6. The summed E-state index contributed by atoms with van der Waals surface area (Å²) >= 11 is 0. The maximum absolute atomic E-state index is 13.2. The molecule has 2 saturated heterocycles. The van der Waals surface area contributed by atoms with Gasteiger partial charge in [-0.05, 0) is 67.8 Å². The summed E-state index contributed by atoms with van der Waals surface area (Å²) in [6.45, 7) is 6.06. The molecule has 0 N–H and O–H groups in total. The lowest BCUT2D eigenvalue weighted by Crippen LogP contribution is -2.29. The lowest BCUT2D eigenvalue weighted by atomic mass is 10.0. The highest BCUT2D eigenvalue weighted by Crippen LogP contribution is 2.52. The minimum Gasteiger partial charge on any atom is -0.381 e. The molecule has 0 unspecified atom stereocenters. The smallest absolute Gasteiger partial charge is 0.330 e. The molecule has 0 amide bonds. The third-order valence-electron chi connectivity index (χ3n) is 8.76. The molecule has 0 bridgehead atoms. The average Bonchev–Trinajstić information content (AvgIpc) is 3.52. The molecule has 3 aromatic heterocycles. The van der Waals surface area contributed by atoms with Crippen molar-refractivity contribution in [3.8, 4) is 11.1 Å². The van der Waals surface area contributed by atoms with Crippen LogP contribution in [0.3, 0.4) is 0 Å². The fraction of sp³-hybridized carbons (Fsp3) is 0.517. The van der Waals surface area contributed by atoms with Gasteiger partial charge in [0.1, 0.15) is 5.52 Å². The summed E-state index contributed by atoms with van der Waals surface area (Å²) in [4.78, 5) is 20.4. The summed E-state index contributed by atoms with van der Waals surface area (Å²) in [5.74, 6) is 0. The molecule has 4 aromatic rings. The lowest BCUT2D eigenvalue weighted by Gasteiger charge is -2.23. The van der Waals surface area contributed by atoms with E-state index in [1.165, 1.54) is 32.4 Å². The molecule has 0 radical (unpaired) electrons. The Bertz CT molecular complexity index is 1530. The monoisotopic (exact) mass is 514 g/mol. The van der Waals surface area contributed by atoms with Crippen molar-refractivity contribution in [1.82, 2.24) is 29.2 Å². The number of hydrogen-bond acceptors (Lipinski definition) is 7. The maximum Gasteiger partial charge on any atom is 0.330 e. The van der Waals surface area contributed by atoms with Crippen molar-refractivity contribution in [1.29, 1.82) is 0 Å². The Balaban J connectivity index is 1.11. The van der Waals surface area contributed by atoms with Crippen molar-refractivity contribution in [2.45, 2.75) is 44.8 Å². The third kappa shape index (κ3) is 4.32. The average molecular weight is 515 g/mol. The van der Waals surface area contributed by atoms with E-state index >= 15 is 0 Å². The van der Waals surface area contributed by atoms with Gasteiger partial charge in [-0.2, -0.15) is 0 Å². The Labute approximate surface area is 221 Å². The van der Waals surface area contributed by atoms with Crippen LogP contribution in [0.1, 0.15) is 43.8 Å². The SMILES string of the molecule is Cn1c(=O)n(C2CCOCC2)c2c3cc(-c4ccc(COCCN5CCC6(CC6)C5)nc4)ccc3nnc21. The predicted molar refractivity (Wildman–Crippen MR) is 145 cm³/mol. The van der Waals surface area contributed by atoms with Crippen molar-refractivity contribution in [3.63, 3.8) is 0 Å². The lowest BCUT2D eigenvalue weighted by molar-refractivity contribution is 0.0697. The van der Waals surface area contributed by atoms with E-state index in [0.29, 0.717) is 30.9 Å². The molecule has 1 aliphatic carbocycles. The van der Waals surface area contributed by atoms with Crippen LogP contribution in [0.5, 0.6) is 0 Å². The summed E-state index contributed by atoms with van der Waals surface area (Å²) < 4.78 is 15.0. The van der Waals surface area contributed by atoms with E-state index in [0.717, 1.165) is 59.2 Å². The molecule has 5 heterocycles. The summed E-state index contributed by atoms with van der Waals surface area (Å²) in [7, 11) is 1.77. The quantitative estimate of drug-likeness (QED) is 0.348. The van der Waals surface area contributed by atoms with Crippen LogP contribution in [0.2, 0.25) is 0 Å². The number of imidazole rings is 1. The summed E-state index contributed by atoms with van der Waals surface area (Å²) in [6, 6.07) is 10.3. The van der Waals surface area contributed by atoms with E-state index in [1.807, 2.05) is 29.0 Å². The Kier molecular flexibility index (Phi) is 6.02. The Hall–Kier alpha value is -3.14. The number of pyridine rings is 1. The molecule has 2 aliphatic heterocycles. The molecule has 0 atom stereocenters. The first kappa shape index (κ1) is 23.9. The number of fused-ring (bicyclic) bond motifs is 3. The predicted octanol–water partition coefficient (Wildman–Crippen LogP) is 3.70. The highest BCUT2D eigenvalue weighted by Gasteiger charge is 2.47. The molecular weight excluding hydrogens is 480 g/mol. The van der Waals surface area contributed by atoms with Gasteiger partial charge in [-0.1, -0.05) is 12.1 Å². The fourth-order valence-electron chi connectivity index (χ4n) is 6.21. The fourth-order valence-corrected chi connectivity index (χ4v) is 6.21. The molecule has 1 saturated carbocycles. The number of aryl methyl sites for hydroxylation is 1. The van der Waals surface area contributed by atoms with Crippen molar-refractivity contribution < 1.29 is 9.47 Å². The molecule has 198 valence electrons. The number of ether oxygens (including phenoxy) is 2. The molecule has 9 nitrogen and oxygen atoms in total. The van der Waals surface area contributed by atoms with Gasteiger partial charge in [0, 0.05) is 56.5 Å². The highest BCUT2D eigenvalue weighted by atomic mass is 16.5. The second-order valence-electron chi connectivity index (χ2n) is 11.3. The second kappa shape index (κ2) is 9.55. The summed E-state index contributed by atoms with van der Waals surface area (Å²) in [6.07, 6.45) is 7.72. The highest BCUT2D eigenvalue weighted by molar-refractivity contribution is 6.02. The Morgan fingerprint density at radius 3 is 2.68 bits per heavy atom. The van der Waals surface area contributed by atoms with E-state index in [-0.39, 0.29) is 11.7 Å². The van der Waals surface area contributed by atoms with Crippen molar-refractivity contribution in [2.24, 2.45) is 12.5 Å². The number of rotatable bonds is 7. The zero-order valence-corrected chi connectivity index (χ0v) is 21.9. The minimum absolute atomic E-state index is 0.0538. The largest absolute Gasteiger partial charge is 0.381 e. The standard InChI is InChI=1S/C29H34N6O3/c1-33-27-26(35(28(33)36)23-6-13-37-14-7-23)24-16-20(3-5-25(24)31-32-27)21-2-4-22(30-17-21)18-38-15-12-34-11-10-29(19-34)8-9-29/h2-5,16-17,23H,6-15,18-19H2,1H3. The van der Waals surface area contributed by atoms with Gasteiger partial charge in [0.15, 0.2) is 5.65 Å². The first-order chi connectivity index (χ1) is 18.6. The van der Waals surface area contributed by atoms with Gasteiger partial charge in [0.05, 0.1) is 24.4 Å². The molecule has 7 rings (SSSR count). The van der Waals surface area contributed by atoms with Crippen LogP contribution < -0.4 is 5.69 Å². The number of benzene rings is 1. The number of likely N-dealkylation sites (tertiary alicyclic amines) is 1. The molecule has 9 heteroatoms. The summed E-state index contributed by atoms with van der Waals surface area (Å²) in [5.41, 5.74) is 5.82. The summed E-state index contributed by atoms with van der Waals surface area (Å²) in [5, 5.41) is 9.75. The van der Waals surface area contributed by atoms with Gasteiger partial charge in [-0.25, -0.2) is 4.79 Å². The topological polar surface area (TPSA) is 87.3 Å². The second-order valence-corrected chi connectivity index (χ2v) is 11.3. The Morgan fingerprint density at radius 2 is 1.92 bits per heavy atom. The molecule has 1 spiro atoms. The van der Waals surface area contributed by atoms with Gasteiger partial charge in [0.25, 0.3) is 0 Å². The number of hydrogen-bond donors (Lipinski definition) is 0. The van der Waals surface area contributed by atoms with Gasteiger partial charge >= 0.3 is 5.69 Å². The van der Waals surface area contributed by atoms with Crippen LogP contribution in [0.25, 0.3) is 33.2 Å². The zero-order chi connectivity index (χ0) is 25.7. The first-order valence-electron chi connectivity index (χ1n) is 13.8. The van der Waals surface area contributed by atoms with Gasteiger partial charge in [0.2, 0.25) is 0 Å². The molecular formula is C29H34N6O3. The van der Waals surface area contributed by atoms with Gasteiger partial charge < -0.3 is 14.4 Å². The van der Waals surface area contributed by atoms with Crippen LogP contribution in [0, 0.1) is 5.41 Å². The third-order valence-corrected chi connectivity index (χ3v) is 8.76. The maximum atomic E-state index is 13.2. The van der Waals surface area contributed by atoms with Crippen LogP contribution in [-0.2, 0) is 23.1 Å². The molecule has 38 heavy (non-hydrogen) atoms. The van der Waals surface area contributed by atoms with Gasteiger partial charge in [-0.15, -0.1) is 10.2 Å². The number of aromatic nitrogens is 5. The molecule has 3 aliphatic rings. The van der Waals surface area contributed by atoms with E-state index in [2.05, 4.69) is 32.2 Å². The van der Waals surface area contributed by atoms with Crippen molar-refractivity contribution >= 4 is 22.1 Å². The van der Waals surface area contributed by atoms with Crippen LogP contribution in [0.4, 0.5) is 0 Å². The van der Waals surface area contributed by atoms with Crippen LogP contribution in [0.15, 0.2) is 41.3 Å². The van der Waals surface area contributed by atoms with Crippen LogP contribution in [-0.4, -0.2) is 68.7 Å². The van der Waals surface area contributed by atoms with E-state index in [9.17, 15) is 4.79 Å². The zero-order valence-electron chi connectivity index (χ0n) is 21.9. The van der Waals surface area contributed by atoms with Gasteiger partial charge in [-0.3, -0.25) is 14.1 Å². The van der Waals surface area contributed by atoms with Crippen molar-refractivity contribution in [3.05, 3.63) is 52.7 Å². The normalized spacial score (nSPS) is 19.7. The van der Waals surface area contributed by atoms with E-state index in [1.54, 1.807) is 11.6 Å².